The second-order valence-electron chi connectivity index (χ2n) is 6.68. The van der Waals surface area contributed by atoms with Gasteiger partial charge in [-0.3, -0.25) is 0 Å². The first-order valence-electron chi connectivity index (χ1n) is 8.79. The molecule has 1 aliphatic heterocycles. The molecule has 1 aromatic heterocycles. The molecule has 0 radical (unpaired) electrons. The molecule has 3 rings (SSSR count). The summed E-state index contributed by atoms with van der Waals surface area (Å²) in [5, 5.41) is 6.15. The monoisotopic (exact) mass is 379 g/mol. The van der Waals surface area contributed by atoms with E-state index in [4.69, 9.17) is 0 Å². The van der Waals surface area contributed by atoms with Crippen LogP contribution in [-0.4, -0.2) is 36.8 Å². The molecular formula is C18H25N3O2S2. The first-order chi connectivity index (χ1) is 12.0. The molecule has 0 aliphatic carbocycles. The highest BCUT2D eigenvalue weighted by molar-refractivity contribution is 7.89. The van der Waals surface area contributed by atoms with E-state index in [0.717, 1.165) is 42.1 Å². The van der Waals surface area contributed by atoms with Crippen molar-refractivity contribution in [1.82, 2.24) is 9.29 Å². The minimum atomic E-state index is -3.39. The summed E-state index contributed by atoms with van der Waals surface area (Å²) >= 11 is 1.56. The number of hydrogen-bond donors (Lipinski definition) is 1. The summed E-state index contributed by atoms with van der Waals surface area (Å²) in [5.74, 6) is 0. The van der Waals surface area contributed by atoms with Gasteiger partial charge in [-0.1, -0.05) is 25.0 Å². The normalized spacial score (nSPS) is 16.8. The minimum Gasteiger partial charge on any atom is -0.359 e. The molecular weight excluding hydrogens is 354 g/mol. The molecule has 1 aliphatic rings. The van der Waals surface area contributed by atoms with Crippen LogP contribution in [0.3, 0.4) is 0 Å². The Morgan fingerprint density at radius 1 is 1.08 bits per heavy atom. The quantitative estimate of drug-likeness (QED) is 0.846. The fourth-order valence-electron chi connectivity index (χ4n) is 2.95. The molecule has 0 saturated carbocycles. The SMILES string of the molecule is CC(C)Nc1nc(-c2ccc(S(=O)(=O)N3CCCCCC3)cc2)cs1. The average molecular weight is 380 g/mol. The Morgan fingerprint density at radius 3 is 2.32 bits per heavy atom. The highest BCUT2D eigenvalue weighted by atomic mass is 32.2. The van der Waals surface area contributed by atoms with E-state index in [0.29, 0.717) is 24.0 Å². The van der Waals surface area contributed by atoms with Gasteiger partial charge in [-0.05, 0) is 38.8 Å². The van der Waals surface area contributed by atoms with E-state index in [1.54, 1.807) is 27.8 Å². The molecule has 1 N–H and O–H groups in total. The summed E-state index contributed by atoms with van der Waals surface area (Å²) in [5.41, 5.74) is 1.80. The summed E-state index contributed by atoms with van der Waals surface area (Å²) in [4.78, 5) is 4.93. The summed E-state index contributed by atoms with van der Waals surface area (Å²) in [6.07, 6.45) is 4.12. The zero-order chi connectivity index (χ0) is 17.9. The summed E-state index contributed by atoms with van der Waals surface area (Å²) in [6.45, 7) is 5.40. The summed E-state index contributed by atoms with van der Waals surface area (Å²) < 4.78 is 27.3. The minimum absolute atomic E-state index is 0.333. The average Bonchev–Trinajstić information content (AvgIpc) is 2.86. The smallest absolute Gasteiger partial charge is 0.243 e. The number of hydrogen-bond acceptors (Lipinski definition) is 5. The van der Waals surface area contributed by atoms with Gasteiger partial charge in [0.05, 0.1) is 10.6 Å². The number of aromatic nitrogens is 1. The molecule has 2 aromatic rings. The Bertz CT molecular complexity index is 790. The molecule has 0 spiro atoms. The predicted octanol–water partition coefficient (Wildman–Crippen LogP) is 4.20. The number of benzene rings is 1. The molecule has 0 atom stereocenters. The lowest BCUT2D eigenvalue weighted by Gasteiger charge is -2.19. The van der Waals surface area contributed by atoms with Crippen molar-refractivity contribution in [3.63, 3.8) is 0 Å². The van der Waals surface area contributed by atoms with Crippen LogP contribution < -0.4 is 5.32 Å². The maximum Gasteiger partial charge on any atom is 0.243 e. The fourth-order valence-corrected chi connectivity index (χ4v) is 5.33. The van der Waals surface area contributed by atoms with Gasteiger partial charge in [0, 0.05) is 30.1 Å². The molecule has 1 saturated heterocycles. The van der Waals surface area contributed by atoms with Crippen LogP contribution in [0.4, 0.5) is 5.13 Å². The van der Waals surface area contributed by atoms with Crippen molar-refractivity contribution in [2.24, 2.45) is 0 Å². The molecule has 7 heteroatoms. The Kier molecular flexibility index (Phi) is 5.76. The van der Waals surface area contributed by atoms with Gasteiger partial charge in [-0.2, -0.15) is 4.31 Å². The van der Waals surface area contributed by atoms with Gasteiger partial charge >= 0.3 is 0 Å². The molecule has 0 amide bonds. The van der Waals surface area contributed by atoms with Gasteiger partial charge in [0.2, 0.25) is 10.0 Å². The van der Waals surface area contributed by atoms with Gasteiger partial charge in [-0.15, -0.1) is 11.3 Å². The first kappa shape index (κ1) is 18.4. The molecule has 1 aromatic carbocycles. The van der Waals surface area contributed by atoms with Crippen molar-refractivity contribution < 1.29 is 8.42 Å². The van der Waals surface area contributed by atoms with Crippen LogP contribution in [0.2, 0.25) is 0 Å². The number of nitrogens with zero attached hydrogens (tertiary/aromatic N) is 2. The van der Waals surface area contributed by atoms with E-state index in [9.17, 15) is 8.42 Å². The van der Waals surface area contributed by atoms with Gasteiger partial charge in [0.15, 0.2) is 5.13 Å². The number of rotatable bonds is 5. The predicted molar refractivity (Wildman–Crippen MR) is 104 cm³/mol. The lowest BCUT2D eigenvalue weighted by molar-refractivity contribution is 0.424. The van der Waals surface area contributed by atoms with Crippen molar-refractivity contribution in [3.8, 4) is 11.3 Å². The van der Waals surface area contributed by atoms with Crippen molar-refractivity contribution >= 4 is 26.5 Å². The Labute approximate surface area is 154 Å². The second-order valence-corrected chi connectivity index (χ2v) is 9.48. The van der Waals surface area contributed by atoms with Gasteiger partial charge in [0.25, 0.3) is 0 Å². The van der Waals surface area contributed by atoms with Crippen LogP contribution in [0, 0.1) is 0 Å². The van der Waals surface area contributed by atoms with E-state index in [-0.39, 0.29) is 0 Å². The Balaban J connectivity index is 1.78. The number of anilines is 1. The van der Waals surface area contributed by atoms with Crippen LogP contribution in [0.5, 0.6) is 0 Å². The molecule has 136 valence electrons. The maximum atomic E-state index is 12.8. The Hall–Kier alpha value is -1.44. The van der Waals surface area contributed by atoms with Gasteiger partial charge in [0.1, 0.15) is 0 Å². The van der Waals surface area contributed by atoms with Crippen molar-refractivity contribution in [1.29, 1.82) is 0 Å². The number of thiazole rings is 1. The lowest BCUT2D eigenvalue weighted by Crippen LogP contribution is -2.31. The van der Waals surface area contributed by atoms with Crippen LogP contribution >= 0.6 is 11.3 Å². The zero-order valence-electron chi connectivity index (χ0n) is 14.7. The van der Waals surface area contributed by atoms with Crippen molar-refractivity contribution in [3.05, 3.63) is 29.6 Å². The number of nitrogens with one attached hydrogen (secondary N) is 1. The van der Waals surface area contributed by atoms with E-state index in [2.05, 4.69) is 24.1 Å². The van der Waals surface area contributed by atoms with Crippen LogP contribution in [0.1, 0.15) is 39.5 Å². The third kappa shape index (κ3) is 4.40. The van der Waals surface area contributed by atoms with Crippen LogP contribution in [-0.2, 0) is 10.0 Å². The third-order valence-corrected chi connectivity index (χ3v) is 6.96. The molecule has 2 heterocycles. The van der Waals surface area contributed by atoms with Crippen molar-refractivity contribution in [2.75, 3.05) is 18.4 Å². The van der Waals surface area contributed by atoms with Gasteiger partial charge in [-0.25, -0.2) is 13.4 Å². The van der Waals surface area contributed by atoms with E-state index < -0.39 is 10.0 Å². The highest BCUT2D eigenvalue weighted by Crippen LogP contribution is 2.27. The van der Waals surface area contributed by atoms with Crippen molar-refractivity contribution in [2.45, 2.75) is 50.5 Å². The van der Waals surface area contributed by atoms with E-state index in [1.807, 2.05) is 17.5 Å². The van der Waals surface area contributed by atoms with Crippen LogP contribution in [0.15, 0.2) is 34.5 Å². The maximum absolute atomic E-state index is 12.8. The van der Waals surface area contributed by atoms with E-state index in [1.165, 1.54) is 0 Å². The third-order valence-electron chi connectivity index (χ3n) is 4.27. The van der Waals surface area contributed by atoms with Gasteiger partial charge < -0.3 is 5.32 Å². The lowest BCUT2D eigenvalue weighted by atomic mass is 10.2. The first-order valence-corrected chi connectivity index (χ1v) is 11.1. The van der Waals surface area contributed by atoms with Crippen LogP contribution in [0.25, 0.3) is 11.3 Å². The molecule has 1 fully saturated rings. The fraction of sp³-hybridized carbons (Fsp3) is 0.500. The standard InChI is InChI=1S/C18H25N3O2S2/c1-14(2)19-18-20-17(13-24-18)15-7-9-16(10-8-15)25(22,23)21-11-5-3-4-6-12-21/h7-10,13-14H,3-6,11-12H2,1-2H3,(H,19,20). The zero-order valence-corrected chi connectivity index (χ0v) is 16.4. The summed E-state index contributed by atoms with van der Waals surface area (Å²) in [7, 11) is -3.39. The molecule has 5 nitrogen and oxygen atoms in total. The molecule has 25 heavy (non-hydrogen) atoms. The largest absolute Gasteiger partial charge is 0.359 e. The molecule has 0 unspecified atom stereocenters. The molecule has 0 bridgehead atoms. The Morgan fingerprint density at radius 2 is 1.72 bits per heavy atom. The highest BCUT2D eigenvalue weighted by Gasteiger charge is 2.25. The summed E-state index contributed by atoms with van der Waals surface area (Å²) in [6, 6.07) is 7.42. The second kappa shape index (κ2) is 7.85. The topological polar surface area (TPSA) is 62.3 Å². The number of sulfonamides is 1. The van der Waals surface area contributed by atoms with E-state index >= 15 is 0 Å².